The van der Waals surface area contributed by atoms with Crippen molar-refractivity contribution in [2.45, 2.75) is 58.0 Å². The van der Waals surface area contributed by atoms with E-state index in [4.69, 9.17) is 4.74 Å². The van der Waals surface area contributed by atoms with Crippen molar-refractivity contribution >= 4 is 17.6 Å². The Morgan fingerprint density at radius 2 is 1.69 bits per heavy atom. The third kappa shape index (κ3) is 8.04. The van der Waals surface area contributed by atoms with Crippen LogP contribution in [0.25, 0.3) is 0 Å². The molecule has 3 amide bonds. The molecule has 1 saturated carbocycles. The summed E-state index contributed by atoms with van der Waals surface area (Å²) in [5, 5.41) is 5.48. The number of benzene rings is 1. The van der Waals surface area contributed by atoms with Crippen molar-refractivity contribution in [1.29, 1.82) is 0 Å². The molecule has 1 aromatic heterocycles. The number of carbonyl (C=O) groups excluding carboxylic acids is 2. The minimum absolute atomic E-state index is 0.0453. The second-order valence-corrected chi connectivity index (χ2v) is 8.12. The van der Waals surface area contributed by atoms with Gasteiger partial charge in [0.25, 0.3) is 5.91 Å². The zero-order valence-electron chi connectivity index (χ0n) is 19.6. The molecule has 1 fully saturated rings. The molecule has 0 radical (unpaired) electrons. The molecule has 0 atom stereocenters. The molecule has 1 aliphatic rings. The monoisotopic (exact) mass is 494 g/mol. The maximum Gasteiger partial charge on any atom is 0.573 e. The van der Waals surface area contributed by atoms with E-state index >= 15 is 0 Å². The lowest BCUT2D eigenvalue weighted by Gasteiger charge is -2.29. The number of aromatic nitrogens is 1. The lowest BCUT2D eigenvalue weighted by Crippen LogP contribution is -2.41. The van der Waals surface area contributed by atoms with Gasteiger partial charge in [-0.3, -0.25) is 9.78 Å². The summed E-state index contributed by atoms with van der Waals surface area (Å²) in [5.41, 5.74) is 0.693. The van der Waals surface area contributed by atoms with Crippen LogP contribution in [0.5, 0.6) is 11.5 Å². The SMILES string of the molecule is CCN(CC)C(=O)c1cc(O[C@H]2CC[C@H](NC(=O)Nc3ccc(OC(F)(F)F)cc3)CC2)ccn1. The number of nitrogens with one attached hydrogen (secondary N) is 2. The fourth-order valence-electron chi connectivity index (χ4n) is 3.88. The quantitative estimate of drug-likeness (QED) is 0.540. The van der Waals surface area contributed by atoms with E-state index in [0.29, 0.717) is 43.1 Å². The number of urea groups is 1. The topological polar surface area (TPSA) is 92.8 Å². The molecule has 1 aromatic carbocycles. The molecule has 0 unspecified atom stereocenters. The number of rotatable bonds is 8. The van der Waals surface area contributed by atoms with Gasteiger partial charge in [-0.15, -0.1) is 13.2 Å². The number of hydrogen-bond donors (Lipinski definition) is 2. The molecule has 2 N–H and O–H groups in total. The van der Waals surface area contributed by atoms with Gasteiger partial charge in [0, 0.05) is 37.1 Å². The summed E-state index contributed by atoms with van der Waals surface area (Å²) in [5.74, 6) is 0.0880. The van der Waals surface area contributed by atoms with Gasteiger partial charge in [-0.2, -0.15) is 0 Å². The summed E-state index contributed by atoms with van der Waals surface area (Å²) >= 11 is 0. The molecule has 3 rings (SSSR count). The van der Waals surface area contributed by atoms with Gasteiger partial charge in [-0.05, 0) is 69.9 Å². The third-order valence-electron chi connectivity index (χ3n) is 5.66. The maximum absolute atomic E-state index is 12.5. The smallest absolute Gasteiger partial charge is 0.490 e. The predicted octanol–water partition coefficient (Wildman–Crippen LogP) is 4.97. The van der Waals surface area contributed by atoms with Crippen LogP contribution in [0.15, 0.2) is 42.6 Å². The first kappa shape index (κ1) is 26.1. The first-order valence-corrected chi connectivity index (χ1v) is 11.5. The van der Waals surface area contributed by atoms with E-state index in [-0.39, 0.29) is 23.8 Å². The molecule has 0 spiro atoms. The third-order valence-corrected chi connectivity index (χ3v) is 5.66. The maximum atomic E-state index is 12.5. The average molecular weight is 495 g/mol. The first-order valence-electron chi connectivity index (χ1n) is 11.5. The molecule has 2 aromatic rings. The fraction of sp³-hybridized carbons (Fsp3) is 0.458. The number of carbonyl (C=O) groups is 2. The van der Waals surface area contributed by atoms with Crippen molar-refractivity contribution in [3.63, 3.8) is 0 Å². The van der Waals surface area contributed by atoms with Gasteiger partial charge in [0.1, 0.15) is 17.2 Å². The van der Waals surface area contributed by atoms with Crippen molar-refractivity contribution < 1.29 is 32.2 Å². The predicted molar refractivity (Wildman–Crippen MR) is 123 cm³/mol. The van der Waals surface area contributed by atoms with Crippen LogP contribution in [0.1, 0.15) is 50.0 Å². The number of amides is 3. The normalized spacial score (nSPS) is 17.9. The zero-order chi connectivity index (χ0) is 25.4. The fourth-order valence-corrected chi connectivity index (χ4v) is 3.88. The van der Waals surface area contributed by atoms with E-state index in [1.54, 1.807) is 23.2 Å². The summed E-state index contributed by atoms with van der Waals surface area (Å²) in [6.45, 7) is 5.03. The number of alkyl halides is 3. The van der Waals surface area contributed by atoms with Crippen molar-refractivity contribution in [1.82, 2.24) is 15.2 Å². The highest BCUT2D eigenvalue weighted by molar-refractivity contribution is 5.92. The average Bonchev–Trinajstić information content (AvgIpc) is 2.81. The van der Waals surface area contributed by atoms with Crippen LogP contribution in [0.2, 0.25) is 0 Å². The van der Waals surface area contributed by atoms with E-state index in [0.717, 1.165) is 25.0 Å². The van der Waals surface area contributed by atoms with Crippen molar-refractivity contribution in [2.75, 3.05) is 18.4 Å². The van der Waals surface area contributed by atoms with Gasteiger partial charge in [0.05, 0.1) is 6.10 Å². The molecule has 8 nitrogen and oxygen atoms in total. The Hall–Kier alpha value is -3.50. The van der Waals surface area contributed by atoms with E-state index in [2.05, 4.69) is 20.4 Å². The largest absolute Gasteiger partial charge is 0.573 e. The van der Waals surface area contributed by atoms with Crippen molar-refractivity contribution in [3.8, 4) is 11.5 Å². The van der Waals surface area contributed by atoms with Crippen LogP contribution in [-0.2, 0) is 0 Å². The highest BCUT2D eigenvalue weighted by Crippen LogP contribution is 2.26. The highest BCUT2D eigenvalue weighted by atomic mass is 19.4. The van der Waals surface area contributed by atoms with Crippen LogP contribution in [0.3, 0.4) is 0 Å². The van der Waals surface area contributed by atoms with Gasteiger partial charge in [-0.1, -0.05) is 0 Å². The van der Waals surface area contributed by atoms with Gasteiger partial charge in [0.2, 0.25) is 0 Å². The van der Waals surface area contributed by atoms with E-state index in [1.807, 2.05) is 13.8 Å². The molecule has 0 bridgehead atoms. The number of nitrogens with zero attached hydrogens (tertiary/aromatic N) is 2. The molecule has 190 valence electrons. The Labute approximate surface area is 201 Å². The van der Waals surface area contributed by atoms with Gasteiger partial charge < -0.3 is 25.0 Å². The number of halogens is 3. The number of ether oxygens (including phenoxy) is 2. The molecule has 1 aliphatic carbocycles. The molecular weight excluding hydrogens is 465 g/mol. The Morgan fingerprint density at radius 3 is 2.29 bits per heavy atom. The van der Waals surface area contributed by atoms with E-state index in [1.165, 1.54) is 12.1 Å². The second kappa shape index (κ2) is 11.8. The van der Waals surface area contributed by atoms with Gasteiger partial charge in [0.15, 0.2) is 0 Å². The molecule has 0 aliphatic heterocycles. The Kier molecular flexibility index (Phi) is 8.78. The Bertz CT molecular complexity index is 989. The molecule has 11 heteroatoms. The van der Waals surface area contributed by atoms with E-state index in [9.17, 15) is 22.8 Å². The second-order valence-electron chi connectivity index (χ2n) is 8.12. The van der Waals surface area contributed by atoms with E-state index < -0.39 is 12.4 Å². The molecule has 35 heavy (non-hydrogen) atoms. The van der Waals surface area contributed by atoms with Crippen molar-refractivity contribution in [2.24, 2.45) is 0 Å². The van der Waals surface area contributed by atoms with Crippen LogP contribution in [0.4, 0.5) is 23.7 Å². The Balaban J connectivity index is 1.44. The summed E-state index contributed by atoms with van der Waals surface area (Å²) in [7, 11) is 0. The minimum Gasteiger partial charge on any atom is -0.490 e. The lowest BCUT2D eigenvalue weighted by molar-refractivity contribution is -0.274. The Morgan fingerprint density at radius 1 is 1.03 bits per heavy atom. The summed E-state index contributed by atoms with van der Waals surface area (Å²) in [6, 6.07) is 7.81. The van der Waals surface area contributed by atoms with Crippen molar-refractivity contribution in [3.05, 3.63) is 48.3 Å². The molecular formula is C24H29F3N4O4. The number of anilines is 1. The molecule has 1 heterocycles. The zero-order valence-corrected chi connectivity index (χ0v) is 19.6. The van der Waals surface area contributed by atoms with Gasteiger partial charge in [-0.25, -0.2) is 4.79 Å². The summed E-state index contributed by atoms with van der Waals surface area (Å²) < 4.78 is 46.6. The van der Waals surface area contributed by atoms with Gasteiger partial charge >= 0.3 is 12.4 Å². The summed E-state index contributed by atoms with van der Waals surface area (Å²) in [6.07, 6.45) is -0.412. The molecule has 0 saturated heterocycles. The van der Waals surface area contributed by atoms with Crippen LogP contribution < -0.4 is 20.1 Å². The van der Waals surface area contributed by atoms with Crippen LogP contribution in [-0.4, -0.2) is 53.4 Å². The minimum atomic E-state index is -4.77. The number of pyridine rings is 1. The van der Waals surface area contributed by atoms with Crippen LogP contribution >= 0.6 is 0 Å². The standard InChI is InChI=1S/C24H29F3N4O4/c1-3-31(4-2)22(32)21-15-20(13-14-28-21)34-18-9-5-16(6-10-18)29-23(33)30-17-7-11-19(12-8-17)35-24(25,26)27/h7-8,11-16,18H,3-6,9-10H2,1-2H3,(H2,29,30,33)/t16-,18-. The first-order chi connectivity index (χ1) is 16.7. The highest BCUT2D eigenvalue weighted by Gasteiger charge is 2.31. The van der Waals surface area contributed by atoms with Crippen LogP contribution in [0, 0.1) is 0 Å². The summed E-state index contributed by atoms with van der Waals surface area (Å²) in [4.78, 5) is 30.6. The lowest BCUT2D eigenvalue weighted by atomic mass is 9.93. The number of hydrogen-bond acceptors (Lipinski definition) is 5.